The highest BCUT2D eigenvalue weighted by Gasteiger charge is 2.09. The third-order valence-corrected chi connectivity index (χ3v) is 2.96. The molecule has 5 heteroatoms. The standard InChI is InChI=1S/C8H10ClNO2S/c9-13(11,12)8-3-1-2-7(6-8)4-5-10/h1-3,6H,4-5,10H2. The van der Waals surface area contributed by atoms with E-state index in [0.717, 1.165) is 5.56 Å². The number of hydrogen-bond donors (Lipinski definition) is 1. The van der Waals surface area contributed by atoms with Crippen molar-refractivity contribution in [2.45, 2.75) is 11.3 Å². The van der Waals surface area contributed by atoms with Crippen molar-refractivity contribution in [1.82, 2.24) is 0 Å². The second-order valence-electron chi connectivity index (χ2n) is 2.62. The number of rotatable bonds is 3. The van der Waals surface area contributed by atoms with E-state index in [1.54, 1.807) is 6.07 Å². The molecule has 0 unspecified atom stereocenters. The first-order valence-corrected chi connectivity index (χ1v) is 6.08. The topological polar surface area (TPSA) is 60.2 Å². The Labute approximate surface area is 81.9 Å². The Morgan fingerprint density at radius 3 is 2.62 bits per heavy atom. The largest absolute Gasteiger partial charge is 0.330 e. The van der Waals surface area contributed by atoms with E-state index in [0.29, 0.717) is 13.0 Å². The average molecular weight is 220 g/mol. The van der Waals surface area contributed by atoms with E-state index in [1.165, 1.54) is 12.1 Å². The maximum absolute atomic E-state index is 10.9. The molecule has 1 aromatic carbocycles. The molecule has 0 heterocycles. The van der Waals surface area contributed by atoms with Gasteiger partial charge in [-0.05, 0) is 30.7 Å². The highest BCUT2D eigenvalue weighted by atomic mass is 35.7. The summed E-state index contributed by atoms with van der Waals surface area (Å²) in [5, 5.41) is 0. The van der Waals surface area contributed by atoms with Gasteiger partial charge in [0.1, 0.15) is 0 Å². The number of hydrogen-bond acceptors (Lipinski definition) is 3. The van der Waals surface area contributed by atoms with Gasteiger partial charge >= 0.3 is 0 Å². The van der Waals surface area contributed by atoms with Crippen LogP contribution in [0.1, 0.15) is 5.56 Å². The normalized spacial score (nSPS) is 11.5. The van der Waals surface area contributed by atoms with Crippen LogP contribution < -0.4 is 5.73 Å². The van der Waals surface area contributed by atoms with Gasteiger partial charge in [0, 0.05) is 10.7 Å². The maximum Gasteiger partial charge on any atom is 0.261 e. The lowest BCUT2D eigenvalue weighted by Gasteiger charge is -2.00. The Bertz CT molecular complexity index is 389. The third-order valence-electron chi connectivity index (χ3n) is 1.61. The number of nitrogens with two attached hydrogens (primary N) is 1. The first kappa shape index (κ1) is 10.5. The van der Waals surface area contributed by atoms with Crippen LogP contribution in [0.15, 0.2) is 29.2 Å². The minimum Gasteiger partial charge on any atom is -0.330 e. The molecule has 0 aliphatic heterocycles. The summed E-state index contributed by atoms with van der Waals surface area (Å²) >= 11 is 0. The minimum atomic E-state index is -3.61. The molecule has 3 nitrogen and oxygen atoms in total. The first-order valence-electron chi connectivity index (χ1n) is 3.77. The van der Waals surface area contributed by atoms with Crippen molar-refractivity contribution in [2.24, 2.45) is 5.73 Å². The molecule has 72 valence electrons. The van der Waals surface area contributed by atoms with Gasteiger partial charge in [0.15, 0.2) is 0 Å². The zero-order chi connectivity index (χ0) is 9.90. The van der Waals surface area contributed by atoms with Gasteiger partial charge in [-0.2, -0.15) is 0 Å². The van der Waals surface area contributed by atoms with E-state index in [-0.39, 0.29) is 4.90 Å². The van der Waals surface area contributed by atoms with E-state index in [2.05, 4.69) is 0 Å². The molecule has 13 heavy (non-hydrogen) atoms. The number of halogens is 1. The summed E-state index contributed by atoms with van der Waals surface area (Å²) in [7, 11) is 1.56. The van der Waals surface area contributed by atoms with Gasteiger partial charge in [0.25, 0.3) is 9.05 Å². The summed E-state index contributed by atoms with van der Waals surface area (Å²) in [5.74, 6) is 0. The van der Waals surface area contributed by atoms with Crippen molar-refractivity contribution in [3.63, 3.8) is 0 Å². The van der Waals surface area contributed by atoms with E-state index in [9.17, 15) is 8.42 Å². The molecule has 1 aromatic rings. The molecule has 0 fully saturated rings. The lowest BCUT2D eigenvalue weighted by atomic mass is 10.2. The fourth-order valence-electron chi connectivity index (χ4n) is 1.02. The highest BCUT2D eigenvalue weighted by molar-refractivity contribution is 8.13. The first-order chi connectivity index (χ1) is 6.04. The molecular formula is C8H10ClNO2S. The van der Waals surface area contributed by atoms with Crippen molar-refractivity contribution in [1.29, 1.82) is 0 Å². The summed E-state index contributed by atoms with van der Waals surface area (Å²) in [6.07, 6.45) is 0.653. The van der Waals surface area contributed by atoms with Crippen LogP contribution in [0.4, 0.5) is 0 Å². The zero-order valence-corrected chi connectivity index (χ0v) is 8.48. The van der Waals surface area contributed by atoms with Crippen molar-refractivity contribution in [3.8, 4) is 0 Å². The molecule has 0 amide bonds. The summed E-state index contributed by atoms with van der Waals surface area (Å²) in [5.41, 5.74) is 6.22. The van der Waals surface area contributed by atoms with E-state index in [1.807, 2.05) is 6.07 Å². The summed E-state index contributed by atoms with van der Waals surface area (Å²) in [4.78, 5) is 0.125. The molecule has 0 saturated carbocycles. The lowest BCUT2D eigenvalue weighted by Crippen LogP contribution is -2.03. The van der Waals surface area contributed by atoms with Crippen LogP contribution in [0, 0.1) is 0 Å². The molecule has 0 aliphatic carbocycles. The highest BCUT2D eigenvalue weighted by Crippen LogP contribution is 2.15. The van der Waals surface area contributed by atoms with Gasteiger partial charge in [-0.3, -0.25) is 0 Å². The van der Waals surface area contributed by atoms with Crippen molar-refractivity contribution < 1.29 is 8.42 Å². The molecule has 2 N–H and O–H groups in total. The lowest BCUT2D eigenvalue weighted by molar-refractivity contribution is 0.609. The summed E-state index contributed by atoms with van der Waals surface area (Å²) < 4.78 is 21.8. The van der Waals surface area contributed by atoms with Crippen molar-refractivity contribution in [3.05, 3.63) is 29.8 Å². The molecule has 0 bridgehead atoms. The molecule has 1 rings (SSSR count). The molecule has 0 atom stereocenters. The van der Waals surface area contributed by atoms with Crippen LogP contribution in [-0.2, 0) is 15.5 Å². The molecule has 0 radical (unpaired) electrons. The molecular weight excluding hydrogens is 210 g/mol. The fraction of sp³-hybridized carbons (Fsp3) is 0.250. The van der Waals surface area contributed by atoms with Crippen LogP contribution in [-0.4, -0.2) is 15.0 Å². The Hall–Kier alpha value is -0.580. The van der Waals surface area contributed by atoms with Gasteiger partial charge in [-0.1, -0.05) is 12.1 Å². The third kappa shape index (κ3) is 2.99. The smallest absolute Gasteiger partial charge is 0.261 e. The van der Waals surface area contributed by atoms with E-state index in [4.69, 9.17) is 16.4 Å². The Balaban J connectivity index is 3.06. The van der Waals surface area contributed by atoms with Gasteiger partial charge < -0.3 is 5.73 Å². The fourth-order valence-corrected chi connectivity index (χ4v) is 1.84. The van der Waals surface area contributed by atoms with Gasteiger partial charge in [0.05, 0.1) is 4.90 Å². The summed E-state index contributed by atoms with van der Waals surface area (Å²) in [6, 6.07) is 6.47. The Morgan fingerprint density at radius 2 is 2.08 bits per heavy atom. The summed E-state index contributed by atoms with van der Waals surface area (Å²) in [6.45, 7) is 0.492. The van der Waals surface area contributed by atoms with Gasteiger partial charge in [-0.25, -0.2) is 8.42 Å². The molecule has 0 saturated heterocycles. The van der Waals surface area contributed by atoms with Crippen molar-refractivity contribution in [2.75, 3.05) is 6.54 Å². The maximum atomic E-state index is 10.9. The zero-order valence-electron chi connectivity index (χ0n) is 6.90. The van der Waals surface area contributed by atoms with E-state index < -0.39 is 9.05 Å². The van der Waals surface area contributed by atoms with Crippen LogP contribution >= 0.6 is 10.7 Å². The van der Waals surface area contributed by atoms with Crippen LogP contribution in [0.5, 0.6) is 0 Å². The van der Waals surface area contributed by atoms with Crippen LogP contribution in [0.25, 0.3) is 0 Å². The monoisotopic (exact) mass is 219 g/mol. The van der Waals surface area contributed by atoms with Gasteiger partial charge in [0.2, 0.25) is 0 Å². The Morgan fingerprint density at radius 1 is 1.38 bits per heavy atom. The number of benzene rings is 1. The predicted octanol–water partition coefficient (Wildman–Crippen LogP) is 1.12. The SMILES string of the molecule is NCCc1cccc(S(=O)(=O)Cl)c1. The van der Waals surface area contributed by atoms with Crippen molar-refractivity contribution >= 4 is 19.7 Å². The minimum absolute atomic E-state index is 0.125. The second-order valence-corrected chi connectivity index (χ2v) is 5.19. The molecule has 0 aliphatic rings. The predicted molar refractivity (Wildman–Crippen MR) is 52.2 cm³/mol. The molecule has 0 spiro atoms. The quantitative estimate of drug-likeness (QED) is 0.775. The van der Waals surface area contributed by atoms with Gasteiger partial charge in [-0.15, -0.1) is 0 Å². The van der Waals surface area contributed by atoms with Crippen LogP contribution in [0.2, 0.25) is 0 Å². The Kier molecular flexibility index (Phi) is 3.30. The average Bonchev–Trinajstić information content (AvgIpc) is 2.04. The second kappa shape index (κ2) is 4.09. The molecule has 0 aromatic heterocycles. The van der Waals surface area contributed by atoms with E-state index >= 15 is 0 Å². The van der Waals surface area contributed by atoms with Crippen LogP contribution in [0.3, 0.4) is 0 Å².